The minimum atomic E-state index is -0.475. The summed E-state index contributed by atoms with van der Waals surface area (Å²) in [4.78, 5) is 26.2. The Morgan fingerprint density at radius 2 is 2.00 bits per heavy atom. The van der Waals surface area contributed by atoms with E-state index in [1.165, 1.54) is 6.21 Å². The maximum Gasteiger partial charge on any atom is 0.245 e. The van der Waals surface area contributed by atoms with E-state index in [-0.39, 0.29) is 18.2 Å². The summed E-state index contributed by atoms with van der Waals surface area (Å²) < 4.78 is 5.11. The molecule has 1 unspecified atom stereocenters. The predicted molar refractivity (Wildman–Crippen MR) is 106 cm³/mol. The van der Waals surface area contributed by atoms with E-state index in [1.54, 1.807) is 54.5 Å². The molecule has 3 rings (SSSR count). The first-order valence-electron chi connectivity index (χ1n) is 8.20. The Labute approximate surface area is 166 Å². The number of nitrogens with zero attached hydrogens (tertiary/aromatic N) is 2. The molecule has 0 bridgehead atoms. The normalized spacial score (nSPS) is 16.8. The van der Waals surface area contributed by atoms with E-state index in [0.717, 1.165) is 5.69 Å². The summed E-state index contributed by atoms with van der Waals surface area (Å²) in [5.41, 5.74) is 3.82. The number of carbonyl (C=O) groups excluding carboxylic acids is 2. The number of methoxy groups -OCH3 is 1. The molecule has 0 aliphatic carbocycles. The van der Waals surface area contributed by atoms with Gasteiger partial charge in [0.25, 0.3) is 0 Å². The molecule has 0 saturated carbocycles. The molecule has 2 aromatic carbocycles. The molecule has 0 aromatic heterocycles. The van der Waals surface area contributed by atoms with Crippen LogP contribution in [0.5, 0.6) is 5.75 Å². The molecule has 1 fully saturated rings. The fourth-order valence-electron chi connectivity index (χ4n) is 2.76. The van der Waals surface area contributed by atoms with Crippen LogP contribution in [0.2, 0.25) is 10.0 Å². The molecule has 140 valence electrons. The number of anilines is 1. The molecule has 8 heteroatoms. The van der Waals surface area contributed by atoms with Crippen LogP contribution in [0.4, 0.5) is 5.69 Å². The molecule has 1 aliphatic heterocycles. The minimum Gasteiger partial charge on any atom is -0.497 e. The fraction of sp³-hybridized carbons (Fsp3) is 0.211. The van der Waals surface area contributed by atoms with E-state index < -0.39 is 5.92 Å². The van der Waals surface area contributed by atoms with Crippen molar-refractivity contribution in [3.8, 4) is 5.75 Å². The van der Waals surface area contributed by atoms with Gasteiger partial charge in [-0.15, -0.1) is 0 Å². The van der Waals surface area contributed by atoms with E-state index in [4.69, 9.17) is 27.9 Å². The highest BCUT2D eigenvalue weighted by molar-refractivity contribution is 6.36. The molecule has 1 aliphatic rings. The van der Waals surface area contributed by atoms with Crippen molar-refractivity contribution < 1.29 is 14.3 Å². The number of ether oxygens (including phenoxy) is 1. The lowest BCUT2D eigenvalue weighted by atomic mass is 10.1. The molecule has 1 atom stereocenters. The van der Waals surface area contributed by atoms with Crippen molar-refractivity contribution in [2.75, 3.05) is 18.6 Å². The van der Waals surface area contributed by atoms with Crippen molar-refractivity contribution in [2.45, 2.75) is 6.42 Å². The van der Waals surface area contributed by atoms with Gasteiger partial charge in [0.2, 0.25) is 11.8 Å². The quantitative estimate of drug-likeness (QED) is 0.610. The van der Waals surface area contributed by atoms with Gasteiger partial charge in [0, 0.05) is 29.2 Å². The van der Waals surface area contributed by atoms with Gasteiger partial charge in [-0.25, -0.2) is 5.43 Å². The van der Waals surface area contributed by atoms with Crippen LogP contribution in [-0.4, -0.2) is 31.7 Å². The van der Waals surface area contributed by atoms with Gasteiger partial charge in [0.1, 0.15) is 5.75 Å². The molecule has 6 nitrogen and oxygen atoms in total. The van der Waals surface area contributed by atoms with Crippen LogP contribution in [0, 0.1) is 5.92 Å². The number of hydrogen-bond donors (Lipinski definition) is 1. The van der Waals surface area contributed by atoms with Gasteiger partial charge >= 0.3 is 0 Å². The zero-order valence-corrected chi connectivity index (χ0v) is 16.0. The molecule has 0 radical (unpaired) electrons. The summed E-state index contributed by atoms with van der Waals surface area (Å²) in [7, 11) is 1.58. The molecule has 2 amide bonds. The molecule has 1 saturated heterocycles. The molecule has 1 N–H and O–H groups in total. The number of amides is 2. The Hall–Kier alpha value is -2.57. The lowest BCUT2D eigenvalue weighted by Gasteiger charge is -2.16. The van der Waals surface area contributed by atoms with Crippen LogP contribution in [0.25, 0.3) is 0 Å². The third-order valence-corrected chi connectivity index (χ3v) is 4.78. The van der Waals surface area contributed by atoms with Gasteiger partial charge in [0.05, 0.1) is 24.3 Å². The molecular weight excluding hydrogens is 389 g/mol. The second kappa shape index (κ2) is 8.41. The number of carbonyl (C=O) groups is 2. The summed E-state index contributed by atoms with van der Waals surface area (Å²) >= 11 is 11.9. The summed E-state index contributed by atoms with van der Waals surface area (Å²) in [6.45, 7) is 0.300. The minimum absolute atomic E-state index is 0.106. The van der Waals surface area contributed by atoms with Crippen molar-refractivity contribution in [1.29, 1.82) is 0 Å². The SMILES string of the molecule is COc1ccc(N2CC(C(=O)N/N=C/c3ccc(Cl)cc3Cl)CC2=O)cc1. The van der Waals surface area contributed by atoms with Crippen LogP contribution in [0.1, 0.15) is 12.0 Å². The van der Waals surface area contributed by atoms with Crippen LogP contribution in [-0.2, 0) is 9.59 Å². The van der Waals surface area contributed by atoms with Crippen molar-refractivity contribution in [3.05, 3.63) is 58.1 Å². The topological polar surface area (TPSA) is 71.0 Å². The first-order chi connectivity index (χ1) is 13.0. The standard InChI is InChI=1S/C19H17Cl2N3O3/c1-27-16-6-4-15(5-7-16)24-11-13(8-18(24)25)19(26)23-22-10-12-2-3-14(20)9-17(12)21/h2-7,9-10,13H,8,11H2,1H3,(H,23,26)/b22-10+. The lowest BCUT2D eigenvalue weighted by Crippen LogP contribution is -2.30. The molecule has 2 aromatic rings. The summed E-state index contributed by atoms with van der Waals surface area (Å²) in [6, 6.07) is 12.1. The van der Waals surface area contributed by atoms with Crippen LogP contribution in [0.3, 0.4) is 0 Å². The zero-order valence-electron chi connectivity index (χ0n) is 14.5. The van der Waals surface area contributed by atoms with Crippen LogP contribution < -0.4 is 15.1 Å². The second-order valence-electron chi connectivity index (χ2n) is 6.00. The smallest absolute Gasteiger partial charge is 0.245 e. The number of hydrogen-bond acceptors (Lipinski definition) is 4. The van der Waals surface area contributed by atoms with Crippen molar-refractivity contribution in [1.82, 2.24) is 5.43 Å². The number of nitrogens with one attached hydrogen (secondary N) is 1. The molecule has 1 heterocycles. The number of rotatable bonds is 5. The van der Waals surface area contributed by atoms with Crippen LogP contribution in [0.15, 0.2) is 47.6 Å². The maximum absolute atomic E-state index is 12.3. The van der Waals surface area contributed by atoms with Gasteiger partial charge in [-0.2, -0.15) is 5.10 Å². The second-order valence-corrected chi connectivity index (χ2v) is 6.85. The highest BCUT2D eigenvalue weighted by Gasteiger charge is 2.35. The Bertz CT molecular complexity index is 884. The Balaban J connectivity index is 1.60. The first-order valence-corrected chi connectivity index (χ1v) is 8.96. The summed E-state index contributed by atoms with van der Waals surface area (Å²) in [5.74, 6) is -0.196. The molecular formula is C19H17Cl2N3O3. The van der Waals surface area contributed by atoms with Crippen molar-refractivity contribution in [2.24, 2.45) is 11.0 Å². The van der Waals surface area contributed by atoms with Crippen molar-refractivity contribution >= 4 is 46.9 Å². The predicted octanol–water partition coefficient (Wildman–Crippen LogP) is 3.51. The summed E-state index contributed by atoms with van der Waals surface area (Å²) in [5, 5.41) is 4.87. The highest BCUT2D eigenvalue weighted by Crippen LogP contribution is 2.27. The number of hydrazone groups is 1. The van der Waals surface area contributed by atoms with E-state index in [1.807, 2.05) is 0 Å². The number of halogens is 2. The number of benzene rings is 2. The van der Waals surface area contributed by atoms with Gasteiger partial charge in [-0.1, -0.05) is 29.3 Å². The average molecular weight is 406 g/mol. The third kappa shape index (κ3) is 4.59. The first kappa shape index (κ1) is 19.2. The maximum atomic E-state index is 12.3. The lowest BCUT2D eigenvalue weighted by molar-refractivity contribution is -0.126. The van der Waals surface area contributed by atoms with Gasteiger partial charge in [-0.3, -0.25) is 9.59 Å². The molecule has 27 heavy (non-hydrogen) atoms. The fourth-order valence-corrected chi connectivity index (χ4v) is 3.22. The largest absolute Gasteiger partial charge is 0.497 e. The Morgan fingerprint density at radius 1 is 1.26 bits per heavy atom. The van der Waals surface area contributed by atoms with E-state index >= 15 is 0 Å². The third-order valence-electron chi connectivity index (χ3n) is 4.22. The highest BCUT2D eigenvalue weighted by atomic mass is 35.5. The Kier molecular flexibility index (Phi) is 5.98. The van der Waals surface area contributed by atoms with E-state index in [2.05, 4.69) is 10.5 Å². The zero-order chi connectivity index (χ0) is 19.4. The summed E-state index contributed by atoms with van der Waals surface area (Å²) in [6.07, 6.45) is 1.57. The van der Waals surface area contributed by atoms with Gasteiger partial charge < -0.3 is 9.64 Å². The monoisotopic (exact) mass is 405 g/mol. The van der Waals surface area contributed by atoms with Crippen LogP contribution >= 0.6 is 23.2 Å². The average Bonchev–Trinajstić information content (AvgIpc) is 3.05. The van der Waals surface area contributed by atoms with Gasteiger partial charge in [-0.05, 0) is 36.4 Å². The van der Waals surface area contributed by atoms with Gasteiger partial charge in [0.15, 0.2) is 0 Å². The van der Waals surface area contributed by atoms with E-state index in [9.17, 15) is 9.59 Å². The van der Waals surface area contributed by atoms with E-state index in [0.29, 0.717) is 27.9 Å². The molecule has 0 spiro atoms. The Morgan fingerprint density at radius 3 is 2.67 bits per heavy atom. The van der Waals surface area contributed by atoms with Crippen molar-refractivity contribution in [3.63, 3.8) is 0 Å².